The van der Waals surface area contributed by atoms with E-state index in [2.05, 4.69) is 30.9 Å². The van der Waals surface area contributed by atoms with Crippen molar-refractivity contribution in [1.82, 2.24) is 9.88 Å². The van der Waals surface area contributed by atoms with E-state index in [0.29, 0.717) is 6.54 Å². The van der Waals surface area contributed by atoms with Gasteiger partial charge in [-0.25, -0.2) is 4.98 Å². The van der Waals surface area contributed by atoms with Crippen molar-refractivity contribution in [3.8, 4) is 0 Å². The molecule has 0 atom stereocenters. The van der Waals surface area contributed by atoms with E-state index >= 15 is 0 Å². The van der Waals surface area contributed by atoms with Crippen molar-refractivity contribution in [1.29, 1.82) is 0 Å². The van der Waals surface area contributed by atoms with Crippen molar-refractivity contribution in [3.05, 3.63) is 23.3 Å². The van der Waals surface area contributed by atoms with Crippen molar-refractivity contribution in [2.24, 2.45) is 5.92 Å². The molecule has 28 heavy (non-hydrogen) atoms. The number of amides is 1. The Morgan fingerprint density at radius 3 is 2.71 bits per heavy atom. The fraction of sp³-hybridized carbons (Fsp3) is 0.636. The van der Waals surface area contributed by atoms with Gasteiger partial charge in [0.05, 0.1) is 23.4 Å². The van der Waals surface area contributed by atoms with Crippen LogP contribution in [0.4, 0.5) is 5.13 Å². The van der Waals surface area contributed by atoms with Crippen molar-refractivity contribution in [2.45, 2.75) is 46.0 Å². The highest BCUT2D eigenvalue weighted by molar-refractivity contribution is 7.22. The molecule has 2 fully saturated rings. The average Bonchev–Trinajstić information content (AvgIpc) is 3.17. The first kappa shape index (κ1) is 19.8. The van der Waals surface area contributed by atoms with Gasteiger partial charge >= 0.3 is 0 Å². The van der Waals surface area contributed by atoms with Gasteiger partial charge in [0.15, 0.2) is 5.13 Å². The Hall–Kier alpha value is -1.50. The Morgan fingerprint density at radius 1 is 1.21 bits per heavy atom. The zero-order valence-corrected chi connectivity index (χ0v) is 17.9. The summed E-state index contributed by atoms with van der Waals surface area (Å²) >= 11 is 1.66. The Balaban J connectivity index is 1.59. The molecule has 0 spiro atoms. The van der Waals surface area contributed by atoms with E-state index in [-0.39, 0.29) is 11.8 Å². The first-order chi connectivity index (χ1) is 13.6. The number of benzene rings is 1. The minimum atomic E-state index is 0.160. The number of hydrogen-bond acceptors (Lipinski definition) is 5. The number of hydrogen-bond donors (Lipinski definition) is 0. The molecular weight excluding hydrogens is 370 g/mol. The highest BCUT2D eigenvalue weighted by Crippen LogP contribution is 2.34. The SMILES string of the molecule is Cc1ccc2sc(N(CCN3CCOCC3)C(=O)C3CCCCC3)nc2c1C. The third kappa shape index (κ3) is 4.24. The van der Waals surface area contributed by atoms with Gasteiger partial charge in [0.1, 0.15) is 0 Å². The van der Waals surface area contributed by atoms with E-state index in [0.717, 1.165) is 56.3 Å². The lowest BCUT2D eigenvalue weighted by Gasteiger charge is -2.31. The molecule has 6 heteroatoms. The lowest BCUT2D eigenvalue weighted by molar-refractivity contribution is -0.123. The second-order valence-electron chi connectivity index (χ2n) is 8.13. The summed E-state index contributed by atoms with van der Waals surface area (Å²) in [6.45, 7) is 9.32. The predicted molar refractivity (Wildman–Crippen MR) is 115 cm³/mol. The second-order valence-corrected chi connectivity index (χ2v) is 9.14. The van der Waals surface area contributed by atoms with Crippen molar-refractivity contribution in [3.63, 3.8) is 0 Å². The molecule has 152 valence electrons. The lowest BCUT2D eigenvalue weighted by Crippen LogP contribution is -2.45. The molecule has 1 aromatic carbocycles. The van der Waals surface area contributed by atoms with Crippen LogP contribution in [0.15, 0.2) is 12.1 Å². The number of thiazole rings is 1. The first-order valence-corrected chi connectivity index (χ1v) is 11.4. The quantitative estimate of drug-likeness (QED) is 0.755. The smallest absolute Gasteiger partial charge is 0.231 e. The van der Waals surface area contributed by atoms with Crippen LogP contribution < -0.4 is 4.90 Å². The summed E-state index contributed by atoms with van der Waals surface area (Å²) < 4.78 is 6.64. The van der Waals surface area contributed by atoms with Crippen LogP contribution in [0.3, 0.4) is 0 Å². The van der Waals surface area contributed by atoms with Gasteiger partial charge < -0.3 is 4.74 Å². The summed E-state index contributed by atoms with van der Waals surface area (Å²) in [4.78, 5) is 22.8. The maximum absolute atomic E-state index is 13.4. The van der Waals surface area contributed by atoms with Crippen LogP contribution in [-0.2, 0) is 9.53 Å². The van der Waals surface area contributed by atoms with Crippen LogP contribution in [0.25, 0.3) is 10.2 Å². The monoisotopic (exact) mass is 401 g/mol. The van der Waals surface area contributed by atoms with E-state index in [4.69, 9.17) is 9.72 Å². The van der Waals surface area contributed by atoms with Gasteiger partial charge in [0.25, 0.3) is 0 Å². The molecule has 1 aliphatic heterocycles. The fourth-order valence-corrected chi connectivity index (χ4v) is 5.32. The molecule has 1 amide bonds. The lowest BCUT2D eigenvalue weighted by atomic mass is 9.88. The number of aryl methyl sites for hydroxylation is 2. The number of fused-ring (bicyclic) bond motifs is 1. The largest absolute Gasteiger partial charge is 0.379 e. The Morgan fingerprint density at radius 2 is 1.96 bits per heavy atom. The second kappa shape index (κ2) is 8.89. The van der Waals surface area contributed by atoms with E-state index < -0.39 is 0 Å². The molecule has 2 heterocycles. The zero-order chi connectivity index (χ0) is 19.5. The van der Waals surface area contributed by atoms with Crippen LogP contribution in [0, 0.1) is 19.8 Å². The van der Waals surface area contributed by atoms with Gasteiger partial charge in [0, 0.05) is 32.1 Å². The fourth-order valence-electron chi connectivity index (χ4n) is 4.27. The molecule has 1 saturated carbocycles. The highest BCUT2D eigenvalue weighted by Gasteiger charge is 2.29. The van der Waals surface area contributed by atoms with Gasteiger partial charge in [-0.05, 0) is 43.9 Å². The van der Waals surface area contributed by atoms with Crippen LogP contribution in [0.5, 0.6) is 0 Å². The molecule has 2 aliphatic rings. The molecule has 4 rings (SSSR count). The molecule has 0 N–H and O–H groups in total. The topological polar surface area (TPSA) is 45.7 Å². The third-order valence-corrected chi connectivity index (χ3v) is 7.31. The summed E-state index contributed by atoms with van der Waals surface area (Å²) in [6, 6.07) is 4.30. The Labute approximate surface area is 171 Å². The van der Waals surface area contributed by atoms with E-state index in [1.807, 2.05) is 4.90 Å². The van der Waals surface area contributed by atoms with Crippen LogP contribution in [0.2, 0.25) is 0 Å². The number of rotatable bonds is 5. The summed E-state index contributed by atoms with van der Waals surface area (Å²) in [5.41, 5.74) is 3.52. The van der Waals surface area contributed by atoms with Crippen molar-refractivity contribution >= 4 is 32.6 Å². The number of nitrogens with zero attached hydrogens (tertiary/aromatic N) is 3. The van der Waals surface area contributed by atoms with Crippen molar-refractivity contribution < 1.29 is 9.53 Å². The highest BCUT2D eigenvalue weighted by atomic mass is 32.1. The molecule has 0 unspecified atom stereocenters. The number of anilines is 1. The predicted octanol–water partition coefficient (Wildman–Crippen LogP) is 4.16. The molecule has 5 nitrogen and oxygen atoms in total. The number of morpholine rings is 1. The maximum Gasteiger partial charge on any atom is 0.231 e. The molecule has 1 saturated heterocycles. The van der Waals surface area contributed by atoms with Crippen LogP contribution in [-0.4, -0.2) is 55.2 Å². The molecule has 0 bridgehead atoms. The van der Waals surface area contributed by atoms with Crippen LogP contribution >= 0.6 is 11.3 Å². The molecule has 1 aromatic heterocycles. The Kier molecular flexibility index (Phi) is 6.28. The molecular formula is C22H31N3O2S. The van der Waals surface area contributed by atoms with Gasteiger partial charge in [-0.3, -0.25) is 14.6 Å². The maximum atomic E-state index is 13.4. The first-order valence-electron chi connectivity index (χ1n) is 10.6. The van der Waals surface area contributed by atoms with E-state index in [1.165, 1.54) is 35.1 Å². The van der Waals surface area contributed by atoms with Crippen LogP contribution in [0.1, 0.15) is 43.2 Å². The molecule has 1 aliphatic carbocycles. The standard InChI is InChI=1S/C22H31N3O2S/c1-16-8-9-19-20(17(16)2)23-22(28-19)25(11-10-24-12-14-27-15-13-24)21(26)18-6-4-3-5-7-18/h8-9,18H,3-7,10-15H2,1-2H3. The number of aromatic nitrogens is 1. The number of ether oxygens (including phenoxy) is 1. The molecule has 2 aromatic rings. The minimum absolute atomic E-state index is 0.160. The van der Waals surface area contributed by atoms with Gasteiger partial charge in [0.2, 0.25) is 5.91 Å². The summed E-state index contributed by atoms with van der Waals surface area (Å²) in [5.74, 6) is 0.440. The summed E-state index contributed by atoms with van der Waals surface area (Å²) in [6.07, 6.45) is 5.65. The third-order valence-electron chi connectivity index (χ3n) is 6.27. The van der Waals surface area contributed by atoms with Gasteiger partial charge in [-0.2, -0.15) is 0 Å². The average molecular weight is 402 g/mol. The Bertz CT molecular complexity index is 823. The summed E-state index contributed by atoms with van der Waals surface area (Å²) in [7, 11) is 0. The molecule has 0 radical (unpaired) electrons. The van der Waals surface area contributed by atoms with E-state index in [1.54, 1.807) is 11.3 Å². The van der Waals surface area contributed by atoms with Gasteiger partial charge in [-0.1, -0.05) is 36.7 Å². The van der Waals surface area contributed by atoms with Crippen molar-refractivity contribution in [2.75, 3.05) is 44.3 Å². The summed E-state index contributed by atoms with van der Waals surface area (Å²) in [5, 5.41) is 0.868. The van der Waals surface area contributed by atoms with E-state index in [9.17, 15) is 4.79 Å². The van der Waals surface area contributed by atoms with Gasteiger partial charge in [-0.15, -0.1) is 0 Å². The minimum Gasteiger partial charge on any atom is -0.379 e. The zero-order valence-electron chi connectivity index (χ0n) is 17.1. The number of carbonyl (C=O) groups is 1. The number of carbonyl (C=O) groups excluding carboxylic acids is 1. The normalized spacial score (nSPS) is 19.2.